The second kappa shape index (κ2) is 8.50. The molecule has 1 nitrogen and oxygen atoms in total. The number of halogens is 5. The van der Waals surface area contributed by atoms with Crippen LogP contribution in [0.2, 0.25) is 0 Å². The Labute approximate surface area is 192 Å². The van der Waals surface area contributed by atoms with Gasteiger partial charge in [-0.05, 0) is 84.7 Å². The van der Waals surface area contributed by atoms with Crippen LogP contribution in [0.4, 0.5) is 17.6 Å². The van der Waals surface area contributed by atoms with E-state index in [0.29, 0.717) is 32.3 Å². The number of hydrogen-bond acceptors (Lipinski definition) is 1. The Balaban J connectivity index is 1.45. The molecule has 2 atom stereocenters. The van der Waals surface area contributed by atoms with Crippen LogP contribution in [-0.2, 0) is 4.74 Å². The van der Waals surface area contributed by atoms with Gasteiger partial charge < -0.3 is 4.74 Å². The van der Waals surface area contributed by atoms with Crippen molar-refractivity contribution in [2.75, 3.05) is 6.61 Å². The Morgan fingerprint density at radius 1 is 0.710 bits per heavy atom. The minimum absolute atomic E-state index is 0.0648. The minimum Gasteiger partial charge on any atom is -0.368 e. The van der Waals surface area contributed by atoms with Crippen LogP contribution in [-0.4, -0.2) is 10.7 Å². The maximum Gasteiger partial charge on any atom is 0.167 e. The van der Waals surface area contributed by atoms with Crippen LogP contribution in [0.5, 0.6) is 0 Å². The summed E-state index contributed by atoms with van der Waals surface area (Å²) in [4.78, 5) is 0. The van der Waals surface area contributed by atoms with E-state index >= 15 is 8.78 Å². The molecule has 0 bridgehead atoms. The Kier molecular flexibility index (Phi) is 5.88. The third kappa shape index (κ3) is 3.84. The van der Waals surface area contributed by atoms with Gasteiger partial charge in [0.15, 0.2) is 23.3 Å². The molecule has 0 N–H and O–H groups in total. The van der Waals surface area contributed by atoms with Crippen molar-refractivity contribution in [3.63, 3.8) is 0 Å². The monoisotopic (exact) mass is 542 g/mol. The summed E-state index contributed by atoms with van der Waals surface area (Å²) in [6.45, 7) is 0.789. The van der Waals surface area contributed by atoms with E-state index in [1.54, 1.807) is 18.2 Å². The van der Waals surface area contributed by atoms with E-state index in [0.717, 1.165) is 51.2 Å². The SMILES string of the molecule is Fc1ccc2ccc3cc(C4CCC(C5CCC(I)OC5)CC4)c(F)c(F)c3c2c1F. The lowest BCUT2D eigenvalue weighted by molar-refractivity contribution is 0.0114. The van der Waals surface area contributed by atoms with Gasteiger partial charge in [0.05, 0.1) is 6.61 Å². The first-order valence-corrected chi connectivity index (χ1v) is 12.1. The molecule has 3 aromatic carbocycles. The lowest BCUT2D eigenvalue weighted by atomic mass is 9.72. The molecule has 1 aliphatic heterocycles. The number of alkyl halides is 1. The zero-order valence-electron chi connectivity index (χ0n) is 16.9. The summed E-state index contributed by atoms with van der Waals surface area (Å²) in [5.74, 6) is -3.17. The molecule has 2 unspecified atom stereocenters. The van der Waals surface area contributed by atoms with E-state index in [2.05, 4.69) is 22.6 Å². The van der Waals surface area contributed by atoms with Crippen molar-refractivity contribution < 1.29 is 22.3 Å². The summed E-state index contributed by atoms with van der Waals surface area (Å²) in [6, 6.07) is 7.30. The molecule has 2 aliphatic rings. The molecule has 0 aromatic heterocycles. The number of ether oxygens (including phenoxy) is 1. The average Bonchev–Trinajstić information content (AvgIpc) is 2.79. The Morgan fingerprint density at radius 2 is 1.35 bits per heavy atom. The van der Waals surface area contributed by atoms with Crippen molar-refractivity contribution in [3.05, 3.63) is 59.2 Å². The second-order valence-electron chi connectivity index (χ2n) is 8.91. The Morgan fingerprint density at radius 3 is 2.06 bits per heavy atom. The van der Waals surface area contributed by atoms with Gasteiger partial charge in [0.1, 0.15) is 4.11 Å². The van der Waals surface area contributed by atoms with E-state index < -0.39 is 23.3 Å². The smallest absolute Gasteiger partial charge is 0.167 e. The van der Waals surface area contributed by atoms with Crippen LogP contribution in [0.25, 0.3) is 21.5 Å². The molecule has 31 heavy (non-hydrogen) atoms. The molecule has 1 saturated heterocycles. The third-order valence-corrected chi connectivity index (χ3v) is 8.20. The lowest BCUT2D eigenvalue weighted by Crippen LogP contribution is -2.30. The van der Waals surface area contributed by atoms with E-state index in [9.17, 15) is 8.78 Å². The summed E-state index contributed by atoms with van der Waals surface area (Å²) in [7, 11) is 0. The molecule has 5 rings (SSSR count). The fourth-order valence-electron chi connectivity index (χ4n) is 5.50. The van der Waals surface area contributed by atoms with Gasteiger partial charge in [0.25, 0.3) is 0 Å². The second-order valence-corrected chi connectivity index (χ2v) is 10.3. The molecule has 164 valence electrons. The Bertz CT molecular complexity index is 1130. The topological polar surface area (TPSA) is 9.23 Å². The average molecular weight is 542 g/mol. The standard InChI is InChI=1S/C25H23F4IO/c26-19-9-7-15-5-6-16-11-18(23(27)25(29)22(16)21(15)24(19)28)14-3-1-13(2-4-14)17-8-10-20(30)31-12-17/h5-7,9,11,13-14,17,20H,1-4,8,10,12H2. The highest BCUT2D eigenvalue weighted by Gasteiger charge is 2.33. The maximum absolute atomic E-state index is 15.2. The predicted octanol–water partition coefficient (Wildman–Crippen LogP) is 8.01. The van der Waals surface area contributed by atoms with Crippen molar-refractivity contribution in [1.29, 1.82) is 0 Å². The van der Waals surface area contributed by atoms with Crippen LogP contribution in [0.3, 0.4) is 0 Å². The molecule has 1 heterocycles. The fourth-order valence-corrected chi connectivity index (χ4v) is 6.07. The minimum atomic E-state index is -1.14. The highest BCUT2D eigenvalue weighted by molar-refractivity contribution is 14.1. The largest absolute Gasteiger partial charge is 0.368 e. The van der Waals surface area contributed by atoms with E-state index in [1.165, 1.54) is 6.07 Å². The number of fused-ring (bicyclic) bond motifs is 3. The first-order chi connectivity index (χ1) is 14.9. The molecule has 1 aliphatic carbocycles. The zero-order chi connectivity index (χ0) is 21.7. The van der Waals surface area contributed by atoms with Crippen LogP contribution < -0.4 is 0 Å². The fraction of sp³-hybridized carbons (Fsp3) is 0.440. The quantitative estimate of drug-likeness (QED) is 0.138. The molecular weight excluding hydrogens is 519 g/mol. The maximum atomic E-state index is 15.2. The van der Waals surface area contributed by atoms with Gasteiger partial charge in [0, 0.05) is 10.8 Å². The summed E-state index contributed by atoms with van der Waals surface area (Å²) in [5, 5.41) is 0.371. The van der Waals surface area contributed by atoms with Gasteiger partial charge in [-0.3, -0.25) is 0 Å². The van der Waals surface area contributed by atoms with Gasteiger partial charge in [-0.2, -0.15) is 0 Å². The number of rotatable bonds is 2. The van der Waals surface area contributed by atoms with Gasteiger partial charge in [-0.1, -0.05) is 40.8 Å². The van der Waals surface area contributed by atoms with Crippen LogP contribution in [0, 0.1) is 35.1 Å². The van der Waals surface area contributed by atoms with Crippen molar-refractivity contribution >= 4 is 44.1 Å². The molecule has 6 heteroatoms. The molecule has 2 fully saturated rings. The summed E-state index contributed by atoms with van der Waals surface area (Å²) >= 11 is 2.33. The molecule has 0 radical (unpaired) electrons. The third-order valence-electron chi connectivity index (χ3n) is 7.22. The molecule has 0 amide bonds. The Hall–Kier alpha value is -1.41. The van der Waals surface area contributed by atoms with Crippen molar-refractivity contribution in [3.8, 4) is 0 Å². The van der Waals surface area contributed by atoms with Crippen LogP contribution in [0.15, 0.2) is 30.3 Å². The molecule has 1 saturated carbocycles. The summed E-state index contributed by atoms with van der Waals surface area (Å²) in [6.07, 6.45) is 5.78. The summed E-state index contributed by atoms with van der Waals surface area (Å²) < 4.78 is 64.7. The highest BCUT2D eigenvalue weighted by Crippen LogP contribution is 2.44. The van der Waals surface area contributed by atoms with Gasteiger partial charge in [-0.15, -0.1) is 0 Å². The van der Waals surface area contributed by atoms with Crippen molar-refractivity contribution in [2.24, 2.45) is 11.8 Å². The van der Waals surface area contributed by atoms with Gasteiger partial charge >= 0.3 is 0 Å². The van der Waals surface area contributed by atoms with E-state index in [1.807, 2.05) is 0 Å². The predicted molar refractivity (Wildman–Crippen MR) is 122 cm³/mol. The number of hydrogen-bond donors (Lipinski definition) is 0. The van der Waals surface area contributed by atoms with Gasteiger partial charge in [0.2, 0.25) is 0 Å². The van der Waals surface area contributed by atoms with Crippen LogP contribution in [0.1, 0.15) is 50.0 Å². The van der Waals surface area contributed by atoms with Crippen LogP contribution >= 0.6 is 22.6 Å². The molecular formula is C25H23F4IO. The zero-order valence-corrected chi connectivity index (χ0v) is 19.1. The lowest BCUT2D eigenvalue weighted by Gasteiger charge is -2.37. The van der Waals surface area contributed by atoms with Crippen molar-refractivity contribution in [2.45, 2.75) is 48.6 Å². The molecule has 3 aromatic rings. The first-order valence-electron chi connectivity index (χ1n) is 10.9. The molecule has 0 spiro atoms. The highest BCUT2D eigenvalue weighted by atomic mass is 127. The van der Waals surface area contributed by atoms with Gasteiger partial charge in [-0.25, -0.2) is 17.6 Å². The van der Waals surface area contributed by atoms with E-state index in [4.69, 9.17) is 4.74 Å². The summed E-state index contributed by atoms with van der Waals surface area (Å²) in [5.41, 5.74) is 0.354. The van der Waals surface area contributed by atoms with E-state index in [-0.39, 0.29) is 16.7 Å². The van der Waals surface area contributed by atoms with Crippen molar-refractivity contribution in [1.82, 2.24) is 0 Å². The first kappa shape index (κ1) is 21.4. The number of benzene rings is 3. The normalized spacial score (nSPS) is 27.1.